The topological polar surface area (TPSA) is 150 Å². The molecule has 0 aliphatic heterocycles. The van der Waals surface area contributed by atoms with Crippen LogP contribution >= 0.6 is 0 Å². The van der Waals surface area contributed by atoms with Crippen molar-refractivity contribution in [1.82, 2.24) is 40.9 Å². The molecule has 3 heterocycles. The highest BCUT2D eigenvalue weighted by Crippen LogP contribution is 2.10. The predicted octanol–water partition coefficient (Wildman–Crippen LogP) is 1.86. The van der Waals surface area contributed by atoms with E-state index in [0.717, 1.165) is 29.9 Å². The van der Waals surface area contributed by atoms with Crippen molar-refractivity contribution in [3.8, 4) is 0 Å². The summed E-state index contributed by atoms with van der Waals surface area (Å²) in [5.74, 6) is -0.280. The van der Waals surface area contributed by atoms with E-state index in [1.54, 1.807) is 51.9 Å². The fraction of sp³-hybridized carbons (Fsp3) is 0.435. The Kier molecular flexibility index (Phi) is 8.74. The van der Waals surface area contributed by atoms with E-state index in [2.05, 4.69) is 40.9 Å². The molecule has 11 nitrogen and oxygen atoms in total. The number of nitrogens with zero attached hydrogens (tertiary/aromatic N) is 3. The molecule has 0 aromatic carbocycles. The van der Waals surface area contributed by atoms with Gasteiger partial charge in [0, 0.05) is 62.8 Å². The van der Waals surface area contributed by atoms with Crippen molar-refractivity contribution >= 4 is 12.0 Å². The summed E-state index contributed by atoms with van der Waals surface area (Å²) in [5, 5.41) is 8.94. The smallest absolute Gasteiger partial charge is 0.407 e. The maximum atomic E-state index is 12.7. The fourth-order valence-corrected chi connectivity index (χ4v) is 3.13. The molecular weight excluding hydrogens is 436 g/mol. The Morgan fingerprint density at radius 1 is 0.941 bits per heavy atom. The van der Waals surface area contributed by atoms with E-state index in [1.807, 2.05) is 6.07 Å². The third-order valence-corrected chi connectivity index (χ3v) is 4.67. The van der Waals surface area contributed by atoms with Crippen molar-refractivity contribution in [3.05, 3.63) is 65.5 Å². The number of hydrogen-bond donors (Lipinski definition) is 5. The van der Waals surface area contributed by atoms with Gasteiger partial charge >= 0.3 is 6.09 Å². The van der Waals surface area contributed by atoms with Gasteiger partial charge in [-0.3, -0.25) is 4.79 Å². The van der Waals surface area contributed by atoms with Crippen LogP contribution in [0.4, 0.5) is 4.79 Å². The summed E-state index contributed by atoms with van der Waals surface area (Å²) >= 11 is 0. The van der Waals surface area contributed by atoms with Crippen LogP contribution < -0.4 is 16.0 Å². The van der Waals surface area contributed by atoms with Gasteiger partial charge in [-0.25, -0.2) is 19.7 Å². The molecule has 0 spiro atoms. The van der Waals surface area contributed by atoms with Crippen LogP contribution in [0.1, 0.15) is 53.9 Å². The Balaban J connectivity index is 1.61. The molecule has 0 radical (unpaired) electrons. The molecule has 3 aromatic heterocycles. The highest BCUT2D eigenvalue weighted by atomic mass is 16.6. The molecule has 11 heteroatoms. The van der Waals surface area contributed by atoms with Gasteiger partial charge in [0.2, 0.25) is 0 Å². The minimum atomic E-state index is -0.592. The zero-order valence-corrected chi connectivity index (χ0v) is 19.8. The fourth-order valence-electron chi connectivity index (χ4n) is 3.13. The number of alkyl carbamates (subject to hydrolysis) is 1. The van der Waals surface area contributed by atoms with Gasteiger partial charge in [-0.1, -0.05) is 0 Å². The van der Waals surface area contributed by atoms with Crippen LogP contribution in [-0.4, -0.2) is 55.6 Å². The van der Waals surface area contributed by atoms with Crippen LogP contribution in [0, 0.1) is 0 Å². The number of pyridine rings is 1. The monoisotopic (exact) mass is 468 g/mol. The van der Waals surface area contributed by atoms with E-state index in [4.69, 9.17) is 4.74 Å². The van der Waals surface area contributed by atoms with Crippen LogP contribution in [0.25, 0.3) is 0 Å². The summed E-state index contributed by atoms with van der Waals surface area (Å²) in [6.45, 7) is 7.26. The lowest BCUT2D eigenvalue weighted by molar-refractivity contribution is 0.0523. The molecule has 0 atom stereocenters. The second kappa shape index (κ2) is 11.9. The lowest BCUT2D eigenvalue weighted by atomic mass is 10.1. The number of ether oxygens (including phenoxy) is 1. The molecule has 0 fully saturated rings. The quantitative estimate of drug-likeness (QED) is 0.270. The molecule has 0 unspecified atom stereocenters. The number of imidazole rings is 2. The van der Waals surface area contributed by atoms with Crippen LogP contribution in [0.15, 0.2) is 37.2 Å². The van der Waals surface area contributed by atoms with Crippen molar-refractivity contribution in [2.45, 2.75) is 52.3 Å². The number of hydrogen-bond acceptors (Lipinski definition) is 7. The Morgan fingerprint density at radius 2 is 1.62 bits per heavy atom. The number of aromatic nitrogens is 5. The summed E-state index contributed by atoms with van der Waals surface area (Å²) in [7, 11) is 0. The molecule has 0 saturated carbocycles. The van der Waals surface area contributed by atoms with E-state index in [1.165, 1.54) is 0 Å². The SMILES string of the molecule is CC(C)(C)OC(=O)NCc1cc(CNCCc2cnc[nH]2)nc(C(=O)NCCc2cnc[nH]2)c1. The highest BCUT2D eigenvalue weighted by molar-refractivity contribution is 5.92. The van der Waals surface area contributed by atoms with Gasteiger partial charge in [-0.15, -0.1) is 0 Å². The van der Waals surface area contributed by atoms with Crippen molar-refractivity contribution in [3.63, 3.8) is 0 Å². The molecule has 5 N–H and O–H groups in total. The zero-order valence-electron chi connectivity index (χ0n) is 19.8. The lowest BCUT2D eigenvalue weighted by Gasteiger charge is -2.19. The van der Waals surface area contributed by atoms with Crippen molar-refractivity contribution < 1.29 is 14.3 Å². The van der Waals surface area contributed by atoms with Crippen LogP contribution in [0.2, 0.25) is 0 Å². The molecule has 2 amide bonds. The number of H-pyrrole nitrogens is 2. The standard InChI is InChI=1S/C23H32N8O3/c1-23(2,3)34-22(33)28-10-16-8-19(13-24-6-4-17-11-25-14-29-17)31-20(9-16)21(32)27-7-5-18-12-26-15-30-18/h8-9,11-12,14-15,24H,4-7,10,13H2,1-3H3,(H,25,29)(H,26,30)(H,27,32)(H,28,33). The summed E-state index contributed by atoms with van der Waals surface area (Å²) in [6.07, 6.45) is 7.67. The summed E-state index contributed by atoms with van der Waals surface area (Å²) in [5.41, 5.74) is 3.13. The largest absolute Gasteiger partial charge is 0.444 e. The molecule has 0 bridgehead atoms. The van der Waals surface area contributed by atoms with E-state index in [-0.39, 0.29) is 12.5 Å². The van der Waals surface area contributed by atoms with Gasteiger partial charge < -0.3 is 30.7 Å². The van der Waals surface area contributed by atoms with Crippen molar-refractivity contribution in [1.29, 1.82) is 0 Å². The third-order valence-electron chi connectivity index (χ3n) is 4.67. The Bertz CT molecular complexity index is 1040. The first-order valence-corrected chi connectivity index (χ1v) is 11.2. The van der Waals surface area contributed by atoms with Gasteiger partial charge in [0.15, 0.2) is 0 Å². The molecule has 3 rings (SSSR count). The number of carbonyl (C=O) groups excluding carboxylic acids is 2. The first-order chi connectivity index (χ1) is 16.3. The number of nitrogens with one attached hydrogen (secondary N) is 5. The van der Waals surface area contributed by atoms with E-state index < -0.39 is 11.7 Å². The van der Waals surface area contributed by atoms with Crippen LogP contribution in [0.5, 0.6) is 0 Å². The Morgan fingerprint density at radius 3 is 2.24 bits per heavy atom. The van der Waals surface area contributed by atoms with Crippen LogP contribution in [-0.2, 0) is 30.7 Å². The highest BCUT2D eigenvalue weighted by Gasteiger charge is 2.16. The Labute approximate surface area is 198 Å². The first-order valence-electron chi connectivity index (χ1n) is 11.2. The van der Waals surface area contributed by atoms with Gasteiger partial charge in [0.25, 0.3) is 5.91 Å². The molecule has 34 heavy (non-hydrogen) atoms. The molecule has 182 valence electrons. The van der Waals surface area contributed by atoms with Gasteiger partial charge in [0.05, 0.1) is 18.3 Å². The summed E-state index contributed by atoms with van der Waals surface area (Å²) in [4.78, 5) is 43.4. The molecule has 3 aromatic rings. The summed E-state index contributed by atoms with van der Waals surface area (Å²) in [6, 6.07) is 3.54. The molecular formula is C23H32N8O3. The van der Waals surface area contributed by atoms with Gasteiger partial charge in [-0.2, -0.15) is 0 Å². The van der Waals surface area contributed by atoms with E-state index in [9.17, 15) is 9.59 Å². The number of aromatic amines is 2. The first kappa shape index (κ1) is 24.9. The minimum Gasteiger partial charge on any atom is -0.444 e. The Hall–Kier alpha value is -3.73. The maximum absolute atomic E-state index is 12.7. The molecule has 0 aliphatic rings. The second-order valence-corrected chi connectivity index (χ2v) is 8.79. The van der Waals surface area contributed by atoms with Gasteiger partial charge in [-0.05, 0) is 38.5 Å². The predicted molar refractivity (Wildman–Crippen MR) is 126 cm³/mol. The summed E-state index contributed by atoms with van der Waals surface area (Å²) < 4.78 is 5.30. The average Bonchev–Trinajstić information content (AvgIpc) is 3.48. The van der Waals surface area contributed by atoms with E-state index >= 15 is 0 Å². The van der Waals surface area contributed by atoms with Crippen molar-refractivity contribution in [2.24, 2.45) is 0 Å². The van der Waals surface area contributed by atoms with E-state index in [0.29, 0.717) is 30.9 Å². The average molecular weight is 469 g/mol. The number of amides is 2. The molecule has 0 aliphatic carbocycles. The van der Waals surface area contributed by atoms with Gasteiger partial charge in [0.1, 0.15) is 11.3 Å². The second-order valence-electron chi connectivity index (χ2n) is 8.79. The third kappa shape index (κ3) is 8.66. The zero-order chi connectivity index (χ0) is 24.4. The van der Waals surface area contributed by atoms with Crippen LogP contribution in [0.3, 0.4) is 0 Å². The maximum Gasteiger partial charge on any atom is 0.407 e. The number of carbonyl (C=O) groups is 2. The molecule has 0 saturated heterocycles. The number of rotatable bonds is 11. The van der Waals surface area contributed by atoms with Crippen molar-refractivity contribution in [2.75, 3.05) is 13.1 Å². The minimum absolute atomic E-state index is 0.215. The normalized spacial score (nSPS) is 11.3. The lowest BCUT2D eigenvalue weighted by Crippen LogP contribution is -2.32.